The van der Waals surface area contributed by atoms with Crippen molar-refractivity contribution in [2.45, 2.75) is 12.5 Å². The second kappa shape index (κ2) is 5.18. The maximum Gasteiger partial charge on any atom is 0.0832 e. The average molecular weight is 185 g/mol. The number of hydrogen-bond donors (Lipinski definition) is 0. The molecule has 0 spiro atoms. The lowest BCUT2D eigenvalue weighted by atomic mass is 10.1. The molecule has 0 amide bonds. The van der Waals surface area contributed by atoms with Crippen molar-refractivity contribution >= 4 is 11.6 Å². The van der Waals surface area contributed by atoms with E-state index in [2.05, 4.69) is 12.1 Å². The van der Waals surface area contributed by atoms with Crippen LogP contribution in [0.15, 0.2) is 30.3 Å². The van der Waals surface area contributed by atoms with Gasteiger partial charge < -0.3 is 4.74 Å². The molecule has 1 nitrogen and oxygen atoms in total. The molecule has 1 atom stereocenters. The highest BCUT2D eigenvalue weighted by molar-refractivity contribution is 6.17. The van der Waals surface area contributed by atoms with Crippen LogP contribution in [-0.2, 0) is 4.74 Å². The predicted molar refractivity (Wildman–Crippen MR) is 51.5 cm³/mol. The second-order valence-corrected chi connectivity index (χ2v) is 2.99. The van der Waals surface area contributed by atoms with E-state index in [0.717, 1.165) is 6.42 Å². The van der Waals surface area contributed by atoms with Crippen LogP contribution in [0.4, 0.5) is 0 Å². The van der Waals surface area contributed by atoms with E-state index < -0.39 is 0 Å². The molecule has 0 bridgehead atoms. The molecule has 0 saturated heterocycles. The molecule has 1 rings (SSSR count). The minimum absolute atomic E-state index is 0.142. The van der Waals surface area contributed by atoms with Crippen molar-refractivity contribution in [3.05, 3.63) is 35.9 Å². The number of halogens is 1. The fraction of sp³-hybridized carbons (Fsp3) is 0.400. The minimum Gasteiger partial charge on any atom is -0.377 e. The van der Waals surface area contributed by atoms with Gasteiger partial charge in [0.05, 0.1) is 6.10 Å². The van der Waals surface area contributed by atoms with Gasteiger partial charge >= 0.3 is 0 Å². The summed E-state index contributed by atoms with van der Waals surface area (Å²) < 4.78 is 5.29. The van der Waals surface area contributed by atoms with Gasteiger partial charge in [-0.2, -0.15) is 0 Å². The van der Waals surface area contributed by atoms with Gasteiger partial charge in [-0.25, -0.2) is 0 Å². The second-order valence-electron chi connectivity index (χ2n) is 2.61. The van der Waals surface area contributed by atoms with Gasteiger partial charge in [-0.15, -0.1) is 11.6 Å². The van der Waals surface area contributed by atoms with Crippen molar-refractivity contribution in [3.63, 3.8) is 0 Å². The third-order valence-electron chi connectivity index (χ3n) is 1.83. The first-order valence-electron chi connectivity index (χ1n) is 4.02. The topological polar surface area (TPSA) is 9.23 Å². The van der Waals surface area contributed by atoms with Gasteiger partial charge in [-0.05, 0) is 12.0 Å². The number of methoxy groups -OCH3 is 1. The van der Waals surface area contributed by atoms with E-state index in [1.807, 2.05) is 18.2 Å². The van der Waals surface area contributed by atoms with Gasteiger partial charge in [0.2, 0.25) is 0 Å². The Morgan fingerprint density at radius 1 is 1.33 bits per heavy atom. The van der Waals surface area contributed by atoms with Crippen LogP contribution in [-0.4, -0.2) is 13.0 Å². The molecule has 0 heterocycles. The van der Waals surface area contributed by atoms with Crippen LogP contribution in [0.2, 0.25) is 0 Å². The molecular weight excluding hydrogens is 172 g/mol. The summed E-state index contributed by atoms with van der Waals surface area (Å²) in [4.78, 5) is 0. The molecule has 0 aliphatic carbocycles. The van der Waals surface area contributed by atoms with Gasteiger partial charge in [0, 0.05) is 13.0 Å². The lowest BCUT2D eigenvalue weighted by molar-refractivity contribution is 0.101. The summed E-state index contributed by atoms with van der Waals surface area (Å²) in [5.74, 6) is 0.632. The Labute approximate surface area is 78.3 Å². The highest BCUT2D eigenvalue weighted by Gasteiger charge is 2.07. The molecule has 1 aromatic carbocycles. The minimum atomic E-state index is 0.142. The zero-order valence-electron chi connectivity index (χ0n) is 7.16. The molecule has 0 radical (unpaired) electrons. The molecule has 66 valence electrons. The van der Waals surface area contributed by atoms with E-state index in [4.69, 9.17) is 16.3 Å². The van der Waals surface area contributed by atoms with Gasteiger partial charge in [0.25, 0.3) is 0 Å². The van der Waals surface area contributed by atoms with E-state index in [0.29, 0.717) is 5.88 Å². The number of alkyl halides is 1. The normalized spacial score (nSPS) is 12.8. The molecule has 0 aromatic heterocycles. The first-order chi connectivity index (χ1) is 5.88. The largest absolute Gasteiger partial charge is 0.377 e. The van der Waals surface area contributed by atoms with Crippen LogP contribution < -0.4 is 0 Å². The van der Waals surface area contributed by atoms with Crippen molar-refractivity contribution < 1.29 is 4.74 Å². The first-order valence-corrected chi connectivity index (χ1v) is 4.55. The lowest BCUT2D eigenvalue weighted by Crippen LogP contribution is -2.01. The summed E-state index contributed by atoms with van der Waals surface area (Å²) in [5, 5.41) is 0. The Kier molecular flexibility index (Phi) is 4.12. The van der Waals surface area contributed by atoms with Crippen LogP contribution >= 0.6 is 11.6 Å². The molecule has 0 unspecified atom stereocenters. The predicted octanol–water partition coefficient (Wildman–Crippen LogP) is 3.00. The van der Waals surface area contributed by atoms with Crippen LogP contribution in [0.25, 0.3) is 0 Å². The fourth-order valence-corrected chi connectivity index (χ4v) is 1.39. The Morgan fingerprint density at radius 3 is 2.50 bits per heavy atom. The summed E-state index contributed by atoms with van der Waals surface area (Å²) in [6.45, 7) is 0. The smallest absolute Gasteiger partial charge is 0.0832 e. The van der Waals surface area contributed by atoms with Gasteiger partial charge in [-0.1, -0.05) is 30.3 Å². The molecule has 0 N–H and O–H groups in total. The molecule has 0 saturated carbocycles. The zero-order valence-corrected chi connectivity index (χ0v) is 7.92. The van der Waals surface area contributed by atoms with Gasteiger partial charge in [0.1, 0.15) is 0 Å². The molecule has 0 aliphatic heterocycles. The third-order valence-corrected chi connectivity index (χ3v) is 2.05. The zero-order chi connectivity index (χ0) is 8.81. The van der Waals surface area contributed by atoms with Crippen molar-refractivity contribution in [3.8, 4) is 0 Å². The molecule has 12 heavy (non-hydrogen) atoms. The van der Waals surface area contributed by atoms with Crippen LogP contribution in [0.3, 0.4) is 0 Å². The van der Waals surface area contributed by atoms with Crippen LogP contribution in [0.1, 0.15) is 18.1 Å². The number of rotatable bonds is 4. The molecule has 0 fully saturated rings. The lowest BCUT2D eigenvalue weighted by Gasteiger charge is -2.13. The van der Waals surface area contributed by atoms with Crippen molar-refractivity contribution in [2.24, 2.45) is 0 Å². The van der Waals surface area contributed by atoms with E-state index in [9.17, 15) is 0 Å². The molecular formula is C10H13ClO. The van der Waals surface area contributed by atoms with Crippen LogP contribution in [0.5, 0.6) is 0 Å². The molecule has 2 heteroatoms. The monoisotopic (exact) mass is 184 g/mol. The Bertz CT molecular complexity index is 210. The Morgan fingerprint density at radius 2 is 2.00 bits per heavy atom. The van der Waals surface area contributed by atoms with Crippen molar-refractivity contribution in [1.82, 2.24) is 0 Å². The Balaban J connectivity index is 2.66. The quantitative estimate of drug-likeness (QED) is 0.654. The number of hydrogen-bond acceptors (Lipinski definition) is 1. The van der Waals surface area contributed by atoms with E-state index in [-0.39, 0.29) is 6.10 Å². The first kappa shape index (κ1) is 9.56. The summed E-state index contributed by atoms with van der Waals surface area (Å²) in [6.07, 6.45) is 1.01. The number of benzene rings is 1. The average Bonchev–Trinajstić information content (AvgIpc) is 2.15. The van der Waals surface area contributed by atoms with Gasteiger partial charge in [0.15, 0.2) is 0 Å². The maximum atomic E-state index is 5.64. The highest BCUT2D eigenvalue weighted by Crippen LogP contribution is 2.19. The SMILES string of the molecule is CO[C@@H](CCCl)c1ccccc1. The number of ether oxygens (including phenoxy) is 1. The van der Waals surface area contributed by atoms with Crippen molar-refractivity contribution in [2.75, 3.05) is 13.0 Å². The third kappa shape index (κ3) is 2.50. The Hall–Kier alpha value is -0.530. The standard InChI is InChI=1S/C10H13ClO/c1-12-10(7-8-11)9-5-3-2-4-6-9/h2-6,10H,7-8H2,1H3/t10-/m0/s1. The molecule has 1 aromatic rings. The summed E-state index contributed by atoms with van der Waals surface area (Å²) in [6, 6.07) is 10.1. The summed E-state index contributed by atoms with van der Waals surface area (Å²) in [7, 11) is 1.71. The van der Waals surface area contributed by atoms with Gasteiger partial charge in [-0.3, -0.25) is 0 Å². The van der Waals surface area contributed by atoms with Crippen molar-refractivity contribution in [1.29, 1.82) is 0 Å². The fourth-order valence-electron chi connectivity index (χ4n) is 1.19. The van der Waals surface area contributed by atoms with E-state index in [1.165, 1.54) is 5.56 Å². The summed E-state index contributed by atoms with van der Waals surface area (Å²) >= 11 is 5.64. The molecule has 0 aliphatic rings. The summed E-state index contributed by atoms with van der Waals surface area (Å²) in [5.41, 5.74) is 1.20. The maximum absolute atomic E-state index is 5.64. The van der Waals surface area contributed by atoms with E-state index >= 15 is 0 Å². The highest BCUT2D eigenvalue weighted by atomic mass is 35.5. The van der Waals surface area contributed by atoms with E-state index in [1.54, 1.807) is 7.11 Å². The van der Waals surface area contributed by atoms with Crippen LogP contribution in [0, 0.1) is 0 Å².